The molecule has 1 aliphatic rings. The van der Waals surface area contributed by atoms with E-state index in [1.54, 1.807) is 0 Å². The highest BCUT2D eigenvalue weighted by atomic mass is 16.3. The van der Waals surface area contributed by atoms with E-state index in [9.17, 15) is 4.79 Å². The van der Waals surface area contributed by atoms with Crippen LogP contribution in [0.5, 0.6) is 0 Å². The first kappa shape index (κ1) is 17.7. The summed E-state index contributed by atoms with van der Waals surface area (Å²) in [5, 5.41) is 8.72. The van der Waals surface area contributed by atoms with Crippen LogP contribution >= 0.6 is 0 Å². The summed E-state index contributed by atoms with van der Waals surface area (Å²) in [4.78, 5) is 12.8. The standard InChI is InChI=1S/C24H23N3O2/c1-16-10-11-22-18(12-16)13-23(29-22)24(28)26-20-8-5-9-21-19(20)14-25-27(21)15-17-6-3-2-4-7-17/h2-4,6-7,10-14,20H,5,8-9,15H2,1H3,(H,26,28). The maximum Gasteiger partial charge on any atom is 0.287 e. The van der Waals surface area contributed by atoms with Crippen LogP contribution in [-0.2, 0) is 13.0 Å². The fourth-order valence-electron chi connectivity index (χ4n) is 4.17. The van der Waals surface area contributed by atoms with Crippen LogP contribution in [-0.4, -0.2) is 15.7 Å². The molecule has 0 saturated heterocycles. The van der Waals surface area contributed by atoms with Crippen molar-refractivity contribution in [3.8, 4) is 0 Å². The number of carbonyl (C=O) groups is 1. The summed E-state index contributed by atoms with van der Waals surface area (Å²) in [5.41, 5.74) is 5.44. The number of aromatic nitrogens is 2. The molecule has 0 radical (unpaired) electrons. The van der Waals surface area contributed by atoms with E-state index in [2.05, 4.69) is 27.2 Å². The van der Waals surface area contributed by atoms with E-state index in [0.29, 0.717) is 5.76 Å². The number of aryl methyl sites for hydroxylation is 1. The minimum absolute atomic E-state index is 0.0364. The lowest BCUT2D eigenvalue weighted by molar-refractivity contribution is 0.0906. The fraction of sp³-hybridized carbons (Fsp3) is 0.250. The molecule has 4 aromatic rings. The first-order chi connectivity index (χ1) is 14.2. The van der Waals surface area contributed by atoms with Crippen molar-refractivity contribution in [2.75, 3.05) is 0 Å². The number of hydrogen-bond acceptors (Lipinski definition) is 3. The Bertz CT molecular complexity index is 1170. The summed E-state index contributed by atoms with van der Waals surface area (Å²) in [6.45, 7) is 2.78. The van der Waals surface area contributed by atoms with Gasteiger partial charge in [0.25, 0.3) is 5.91 Å². The van der Waals surface area contributed by atoms with E-state index < -0.39 is 0 Å². The number of hydrogen-bond donors (Lipinski definition) is 1. The van der Waals surface area contributed by atoms with Gasteiger partial charge in [-0.1, -0.05) is 42.0 Å². The lowest BCUT2D eigenvalue weighted by atomic mass is 9.93. The number of carbonyl (C=O) groups excluding carboxylic acids is 1. The van der Waals surface area contributed by atoms with E-state index >= 15 is 0 Å². The molecule has 0 saturated carbocycles. The third kappa shape index (κ3) is 3.44. The maximum atomic E-state index is 12.8. The molecule has 2 heterocycles. The Labute approximate surface area is 169 Å². The number of nitrogens with zero attached hydrogens (tertiary/aromatic N) is 2. The van der Waals surface area contributed by atoms with Gasteiger partial charge in [0, 0.05) is 16.6 Å². The quantitative estimate of drug-likeness (QED) is 0.549. The Balaban J connectivity index is 1.37. The van der Waals surface area contributed by atoms with Crippen LogP contribution in [0.1, 0.15) is 51.8 Å². The highest BCUT2D eigenvalue weighted by molar-refractivity contribution is 5.96. The molecule has 2 aromatic heterocycles. The van der Waals surface area contributed by atoms with E-state index in [0.717, 1.165) is 47.9 Å². The monoisotopic (exact) mass is 385 g/mol. The lowest BCUT2D eigenvalue weighted by Gasteiger charge is -2.24. The Hall–Kier alpha value is -3.34. The van der Waals surface area contributed by atoms with Crippen molar-refractivity contribution in [3.63, 3.8) is 0 Å². The molecule has 0 bridgehead atoms. The second-order valence-corrected chi connectivity index (χ2v) is 7.76. The number of nitrogens with one attached hydrogen (secondary N) is 1. The van der Waals surface area contributed by atoms with Gasteiger partial charge in [-0.25, -0.2) is 0 Å². The Morgan fingerprint density at radius 1 is 1.21 bits per heavy atom. The van der Waals surface area contributed by atoms with Crippen LogP contribution in [0.2, 0.25) is 0 Å². The molecular formula is C24H23N3O2. The summed E-state index contributed by atoms with van der Waals surface area (Å²) in [6, 6.07) is 18.0. The van der Waals surface area contributed by atoms with Crippen LogP contribution in [0, 0.1) is 6.92 Å². The summed E-state index contributed by atoms with van der Waals surface area (Å²) >= 11 is 0. The highest BCUT2D eigenvalue weighted by Crippen LogP contribution is 2.30. The molecule has 1 unspecified atom stereocenters. The summed E-state index contributed by atoms with van der Waals surface area (Å²) < 4.78 is 7.83. The molecule has 1 N–H and O–H groups in total. The first-order valence-corrected chi connectivity index (χ1v) is 10.1. The molecule has 1 amide bonds. The van der Waals surface area contributed by atoms with Crippen molar-refractivity contribution < 1.29 is 9.21 Å². The fourth-order valence-corrected chi connectivity index (χ4v) is 4.17. The smallest absolute Gasteiger partial charge is 0.287 e. The average molecular weight is 385 g/mol. The molecule has 5 nitrogen and oxygen atoms in total. The Kier molecular flexibility index (Phi) is 4.43. The van der Waals surface area contributed by atoms with Gasteiger partial charge < -0.3 is 9.73 Å². The highest BCUT2D eigenvalue weighted by Gasteiger charge is 2.27. The van der Waals surface area contributed by atoms with Gasteiger partial charge in [0.15, 0.2) is 5.76 Å². The second-order valence-electron chi connectivity index (χ2n) is 7.76. The zero-order valence-corrected chi connectivity index (χ0v) is 16.4. The predicted octanol–water partition coefficient (Wildman–Crippen LogP) is 4.79. The van der Waals surface area contributed by atoms with Gasteiger partial charge in [-0.3, -0.25) is 9.48 Å². The van der Waals surface area contributed by atoms with Crippen molar-refractivity contribution in [2.45, 2.75) is 38.8 Å². The zero-order chi connectivity index (χ0) is 19.8. The topological polar surface area (TPSA) is 60.1 Å². The third-order valence-electron chi connectivity index (χ3n) is 5.64. The van der Waals surface area contributed by atoms with Gasteiger partial charge in [0.05, 0.1) is 18.8 Å². The molecule has 1 atom stereocenters. The zero-order valence-electron chi connectivity index (χ0n) is 16.4. The van der Waals surface area contributed by atoms with Crippen LogP contribution in [0.25, 0.3) is 11.0 Å². The molecule has 0 aliphatic heterocycles. The van der Waals surface area contributed by atoms with Gasteiger partial charge in [-0.15, -0.1) is 0 Å². The number of fused-ring (bicyclic) bond motifs is 2. The molecular weight excluding hydrogens is 362 g/mol. The second kappa shape index (κ2) is 7.24. The van der Waals surface area contributed by atoms with Gasteiger partial charge in [-0.2, -0.15) is 5.10 Å². The van der Waals surface area contributed by atoms with E-state index in [4.69, 9.17) is 4.42 Å². The van der Waals surface area contributed by atoms with E-state index in [1.807, 2.05) is 55.6 Å². The molecule has 5 heteroatoms. The molecule has 146 valence electrons. The normalized spacial score (nSPS) is 16.0. The van der Waals surface area contributed by atoms with Crippen molar-refractivity contribution in [1.29, 1.82) is 0 Å². The Morgan fingerprint density at radius 3 is 2.93 bits per heavy atom. The number of benzene rings is 2. The van der Waals surface area contributed by atoms with Gasteiger partial charge >= 0.3 is 0 Å². The number of furan rings is 1. The Morgan fingerprint density at radius 2 is 2.07 bits per heavy atom. The van der Waals surface area contributed by atoms with E-state index in [-0.39, 0.29) is 11.9 Å². The molecule has 2 aromatic carbocycles. The molecule has 0 spiro atoms. The molecule has 0 fully saturated rings. The summed E-state index contributed by atoms with van der Waals surface area (Å²) in [7, 11) is 0. The van der Waals surface area contributed by atoms with E-state index in [1.165, 1.54) is 11.3 Å². The first-order valence-electron chi connectivity index (χ1n) is 10.1. The van der Waals surface area contributed by atoms with Crippen LogP contribution in [0.4, 0.5) is 0 Å². The molecule has 5 rings (SSSR count). The van der Waals surface area contributed by atoms with Crippen molar-refractivity contribution >= 4 is 16.9 Å². The minimum Gasteiger partial charge on any atom is -0.451 e. The maximum absolute atomic E-state index is 12.8. The van der Waals surface area contributed by atoms with Gasteiger partial charge in [0.2, 0.25) is 0 Å². The average Bonchev–Trinajstić information content (AvgIpc) is 3.33. The van der Waals surface area contributed by atoms with Crippen molar-refractivity contribution in [2.24, 2.45) is 0 Å². The van der Waals surface area contributed by atoms with Gasteiger partial charge in [0.1, 0.15) is 5.58 Å². The SMILES string of the molecule is Cc1ccc2oc(C(=O)NC3CCCc4c3cnn4Cc3ccccc3)cc2c1. The number of rotatable bonds is 4. The van der Waals surface area contributed by atoms with Crippen LogP contribution in [0.3, 0.4) is 0 Å². The minimum atomic E-state index is -0.174. The third-order valence-corrected chi connectivity index (χ3v) is 5.64. The number of amides is 1. The van der Waals surface area contributed by atoms with Crippen LogP contribution in [0.15, 0.2) is 65.2 Å². The summed E-state index contributed by atoms with van der Waals surface area (Å²) in [5.74, 6) is 0.182. The molecule has 29 heavy (non-hydrogen) atoms. The summed E-state index contributed by atoms with van der Waals surface area (Å²) in [6.07, 6.45) is 4.83. The van der Waals surface area contributed by atoms with Crippen molar-refractivity contribution in [3.05, 3.63) is 88.9 Å². The lowest BCUT2D eigenvalue weighted by Crippen LogP contribution is -2.30. The van der Waals surface area contributed by atoms with Crippen LogP contribution < -0.4 is 5.32 Å². The largest absolute Gasteiger partial charge is 0.451 e. The van der Waals surface area contributed by atoms with Gasteiger partial charge in [-0.05, 0) is 49.9 Å². The molecule has 1 aliphatic carbocycles. The van der Waals surface area contributed by atoms with Crippen molar-refractivity contribution in [1.82, 2.24) is 15.1 Å². The predicted molar refractivity (Wildman–Crippen MR) is 112 cm³/mol.